The molecule has 13 heteroatoms. The van der Waals surface area contributed by atoms with Gasteiger partial charge >= 0.3 is 12.4 Å². The van der Waals surface area contributed by atoms with Crippen LogP contribution >= 0.6 is 24.0 Å². The fourth-order valence-corrected chi connectivity index (χ4v) is 3.55. The second-order valence-electron chi connectivity index (χ2n) is 7.46. The Bertz CT molecular complexity index is 715. The molecule has 1 aliphatic carbocycles. The van der Waals surface area contributed by atoms with Crippen LogP contribution in [0.4, 0.5) is 26.3 Å². The molecule has 3 N–H and O–H groups in total. The first-order chi connectivity index (χ1) is 13.9. The second kappa shape index (κ2) is 11.1. The summed E-state index contributed by atoms with van der Waals surface area (Å²) in [5, 5.41) is 16.2. The number of imidazole rings is 1. The van der Waals surface area contributed by atoms with Crippen molar-refractivity contribution < 1.29 is 31.4 Å². The van der Waals surface area contributed by atoms with E-state index >= 15 is 0 Å². The van der Waals surface area contributed by atoms with E-state index in [1.807, 2.05) is 0 Å². The van der Waals surface area contributed by atoms with Crippen LogP contribution < -0.4 is 10.6 Å². The lowest BCUT2D eigenvalue weighted by atomic mass is 9.85. The van der Waals surface area contributed by atoms with Crippen LogP contribution in [-0.2, 0) is 12.6 Å². The molecule has 31 heavy (non-hydrogen) atoms. The smallest absolute Gasteiger partial charge is 0.374 e. The Morgan fingerprint density at radius 3 is 2.26 bits per heavy atom. The summed E-state index contributed by atoms with van der Waals surface area (Å²) in [5.74, 6) is -1.65. The van der Waals surface area contributed by atoms with Crippen LogP contribution in [0, 0.1) is 5.92 Å². The lowest BCUT2D eigenvalue weighted by Crippen LogP contribution is -2.47. The molecule has 1 atom stereocenters. The maximum atomic E-state index is 13.6. The topological polar surface area (TPSA) is 74.5 Å². The highest BCUT2D eigenvalue weighted by Crippen LogP contribution is 2.41. The Hall–Kier alpha value is -1.25. The Balaban J connectivity index is 0.00000480. The highest BCUT2D eigenvalue weighted by Gasteiger charge is 2.57. The van der Waals surface area contributed by atoms with Crippen LogP contribution in [0.2, 0.25) is 0 Å². The van der Waals surface area contributed by atoms with Crippen molar-refractivity contribution in [3.8, 4) is 0 Å². The summed E-state index contributed by atoms with van der Waals surface area (Å²) in [7, 11) is 1.35. The minimum Gasteiger partial charge on any atom is -0.374 e. The number of aryl methyl sites for hydroxylation is 1. The Kier molecular flexibility index (Phi) is 9.91. The van der Waals surface area contributed by atoms with Gasteiger partial charge in [-0.05, 0) is 32.6 Å². The quantitative estimate of drug-likeness (QED) is 0.210. The first-order valence-electron chi connectivity index (χ1n) is 9.77. The molecule has 1 heterocycles. The summed E-state index contributed by atoms with van der Waals surface area (Å²) in [5.41, 5.74) is -3.17. The maximum Gasteiger partial charge on any atom is 0.424 e. The summed E-state index contributed by atoms with van der Waals surface area (Å²) in [6, 6.07) is -0.252. The molecule has 0 aliphatic heterocycles. The van der Waals surface area contributed by atoms with Crippen LogP contribution in [0.15, 0.2) is 17.4 Å². The van der Waals surface area contributed by atoms with Gasteiger partial charge in [0, 0.05) is 45.0 Å². The molecule has 1 aromatic rings. The van der Waals surface area contributed by atoms with Crippen LogP contribution in [0.3, 0.4) is 0 Å². The lowest BCUT2D eigenvalue weighted by molar-refractivity contribution is -0.272. The van der Waals surface area contributed by atoms with Crippen molar-refractivity contribution in [1.29, 1.82) is 0 Å². The molecule has 180 valence electrons. The predicted octanol–water partition coefficient (Wildman–Crippen LogP) is 3.85. The molecule has 6 nitrogen and oxygen atoms in total. The summed E-state index contributed by atoms with van der Waals surface area (Å²) in [4.78, 5) is 7.72. The van der Waals surface area contributed by atoms with Gasteiger partial charge in [-0.2, -0.15) is 26.3 Å². The van der Waals surface area contributed by atoms with Gasteiger partial charge < -0.3 is 20.3 Å². The van der Waals surface area contributed by atoms with E-state index < -0.39 is 36.1 Å². The van der Waals surface area contributed by atoms with Crippen molar-refractivity contribution in [3.63, 3.8) is 0 Å². The monoisotopic (exact) mass is 571 g/mol. The Labute approximate surface area is 193 Å². The fraction of sp³-hybridized carbons (Fsp3) is 0.778. The van der Waals surface area contributed by atoms with Gasteiger partial charge in [0.25, 0.3) is 0 Å². The van der Waals surface area contributed by atoms with E-state index in [2.05, 4.69) is 20.6 Å². The number of nitrogens with zero attached hydrogens (tertiary/aromatic N) is 3. The second-order valence-corrected chi connectivity index (χ2v) is 7.46. The predicted molar refractivity (Wildman–Crippen MR) is 114 cm³/mol. The molecule has 0 bridgehead atoms. The third-order valence-electron chi connectivity index (χ3n) is 5.28. The molecule has 0 aromatic carbocycles. The van der Waals surface area contributed by atoms with Gasteiger partial charge in [-0.1, -0.05) is 0 Å². The van der Waals surface area contributed by atoms with Crippen LogP contribution in [0.1, 0.15) is 44.9 Å². The van der Waals surface area contributed by atoms with E-state index in [1.54, 1.807) is 6.92 Å². The number of hydrogen-bond acceptors (Lipinski definition) is 3. The van der Waals surface area contributed by atoms with Crippen LogP contribution in [0.25, 0.3) is 0 Å². The zero-order chi connectivity index (χ0) is 22.6. The number of aromatic nitrogens is 2. The molecule has 2 rings (SSSR count). The summed E-state index contributed by atoms with van der Waals surface area (Å²) >= 11 is 0. The molecule has 0 amide bonds. The highest BCUT2D eigenvalue weighted by atomic mass is 127. The molecule has 0 saturated heterocycles. The van der Waals surface area contributed by atoms with Crippen LogP contribution in [0.5, 0.6) is 0 Å². The van der Waals surface area contributed by atoms with Gasteiger partial charge in [0.05, 0.1) is 5.92 Å². The third-order valence-corrected chi connectivity index (χ3v) is 5.28. The van der Waals surface area contributed by atoms with E-state index in [0.717, 1.165) is 10.8 Å². The summed E-state index contributed by atoms with van der Waals surface area (Å²) in [6.45, 7) is 1.82. The summed E-state index contributed by atoms with van der Waals surface area (Å²) in [6.07, 6.45) is -6.89. The molecule has 1 saturated carbocycles. The van der Waals surface area contributed by atoms with Gasteiger partial charge in [0.15, 0.2) is 5.96 Å². The average molecular weight is 571 g/mol. The van der Waals surface area contributed by atoms with E-state index in [-0.39, 0.29) is 68.2 Å². The van der Waals surface area contributed by atoms with Gasteiger partial charge in [-0.15, -0.1) is 24.0 Å². The third kappa shape index (κ3) is 7.12. The van der Waals surface area contributed by atoms with Crippen molar-refractivity contribution >= 4 is 29.9 Å². The molecule has 0 radical (unpaired) electrons. The van der Waals surface area contributed by atoms with Crippen molar-refractivity contribution in [3.05, 3.63) is 18.2 Å². The van der Waals surface area contributed by atoms with Gasteiger partial charge in [-0.3, -0.25) is 4.99 Å². The number of guanidine groups is 1. The zero-order valence-corrected chi connectivity index (χ0v) is 19.6. The van der Waals surface area contributed by atoms with Gasteiger partial charge in [0.1, 0.15) is 5.82 Å². The number of nitrogens with one attached hydrogen (secondary N) is 2. The fourth-order valence-electron chi connectivity index (χ4n) is 3.55. The molecule has 1 fully saturated rings. The molecule has 1 aliphatic rings. The van der Waals surface area contributed by atoms with Crippen molar-refractivity contribution in [2.75, 3.05) is 13.1 Å². The zero-order valence-electron chi connectivity index (χ0n) is 17.2. The van der Waals surface area contributed by atoms with E-state index in [0.29, 0.717) is 6.54 Å². The molecular weight excluding hydrogens is 543 g/mol. The van der Waals surface area contributed by atoms with E-state index in [4.69, 9.17) is 0 Å². The number of rotatable bonds is 6. The Morgan fingerprint density at radius 1 is 1.19 bits per heavy atom. The number of halogens is 7. The molecular formula is C18H28F6IN5O. The Morgan fingerprint density at radius 2 is 1.81 bits per heavy atom. The van der Waals surface area contributed by atoms with Crippen molar-refractivity contribution in [1.82, 2.24) is 20.2 Å². The van der Waals surface area contributed by atoms with E-state index in [9.17, 15) is 31.4 Å². The normalized spacial score (nSPS) is 22.4. The first-order valence-corrected chi connectivity index (χ1v) is 9.77. The minimum atomic E-state index is -4.95. The molecule has 1 aromatic heterocycles. The SMILES string of the molecule is CCNC(=NCCC(O)(c1nccn1C)C(F)(F)F)NC1CCC(C(F)(F)F)CC1.I. The van der Waals surface area contributed by atoms with Gasteiger partial charge in [-0.25, -0.2) is 4.98 Å². The number of aliphatic imine (C=N–C) groups is 1. The summed E-state index contributed by atoms with van der Waals surface area (Å²) < 4.78 is 80.1. The number of aliphatic hydroxyl groups is 1. The standard InChI is InChI=1S/C18H27F6N5O.HI/c1-3-25-15(28-13-6-4-12(5-7-13)17(19,20)21)27-9-8-16(30,18(22,23)24)14-26-10-11-29(14)2;/h10-13,30H,3-9H2,1-2H3,(H2,25,27,28);1H. The van der Waals surface area contributed by atoms with Crippen LogP contribution in [-0.4, -0.2) is 52.1 Å². The average Bonchev–Trinajstić information content (AvgIpc) is 3.07. The molecule has 1 unspecified atom stereocenters. The number of alkyl halides is 6. The minimum absolute atomic E-state index is 0. The van der Waals surface area contributed by atoms with E-state index in [1.165, 1.54) is 13.2 Å². The van der Waals surface area contributed by atoms with Crippen molar-refractivity contribution in [2.45, 2.75) is 63.0 Å². The first kappa shape index (κ1) is 27.8. The lowest BCUT2D eigenvalue weighted by Gasteiger charge is -2.31. The highest BCUT2D eigenvalue weighted by molar-refractivity contribution is 14.0. The number of hydrogen-bond donors (Lipinski definition) is 3. The van der Waals surface area contributed by atoms with Gasteiger partial charge in [0.2, 0.25) is 5.60 Å². The largest absolute Gasteiger partial charge is 0.424 e. The van der Waals surface area contributed by atoms with Crippen molar-refractivity contribution in [2.24, 2.45) is 18.0 Å². The molecule has 0 spiro atoms. The maximum absolute atomic E-state index is 13.6.